The van der Waals surface area contributed by atoms with Crippen LogP contribution in [0.4, 0.5) is 0 Å². The minimum atomic E-state index is -1.09. The number of esters is 1. The van der Waals surface area contributed by atoms with Crippen LogP contribution in [-0.4, -0.2) is 31.3 Å². The summed E-state index contributed by atoms with van der Waals surface area (Å²) in [5.41, 5.74) is 2.12. The lowest BCUT2D eigenvalue weighted by Crippen LogP contribution is -2.31. The fourth-order valence-electron chi connectivity index (χ4n) is 2.81. The lowest BCUT2D eigenvalue weighted by Gasteiger charge is -2.29. The summed E-state index contributed by atoms with van der Waals surface area (Å²) in [6, 6.07) is 7.01. The van der Waals surface area contributed by atoms with Crippen molar-refractivity contribution in [1.82, 2.24) is 5.32 Å². The molecule has 0 fully saturated rings. The summed E-state index contributed by atoms with van der Waals surface area (Å²) >= 11 is 0. The van der Waals surface area contributed by atoms with Crippen molar-refractivity contribution in [2.75, 3.05) is 14.2 Å². The number of allylic oxidation sites excluding steroid dienone is 2. The molecule has 0 aliphatic carbocycles. The average molecular weight is 317 g/mol. The van der Waals surface area contributed by atoms with Gasteiger partial charge in [0.2, 0.25) is 0 Å². The Balaban J connectivity index is 2.69. The maximum absolute atomic E-state index is 12.2. The van der Waals surface area contributed by atoms with Gasteiger partial charge in [-0.25, -0.2) is 9.59 Å². The molecule has 23 heavy (non-hydrogen) atoms. The molecule has 1 aromatic rings. The molecule has 1 atom stereocenters. The third-order valence-corrected chi connectivity index (χ3v) is 3.82. The molecule has 0 aromatic heterocycles. The fourth-order valence-corrected chi connectivity index (χ4v) is 2.81. The number of carboxylic acids is 1. The summed E-state index contributed by atoms with van der Waals surface area (Å²) in [5, 5.41) is 12.6. The van der Waals surface area contributed by atoms with Crippen LogP contribution in [0.25, 0.3) is 0 Å². The van der Waals surface area contributed by atoms with Crippen molar-refractivity contribution in [2.24, 2.45) is 0 Å². The zero-order valence-electron chi connectivity index (χ0n) is 13.5. The van der Waals surface area contributed by atoms with Gasteiger partial charge in [-0.1, -0.05) is 12.1 Å². The zero-order valence-corrected chi connectivity index (χ0v) is 13.5. The van der Waals surface area contributed by atoms with E-state index in [1.807, 2.05) is 0 Å². The first-order valence-electron chi connectivity index (χ1n) is 7.04. The molecule has 1 aliphatic heterocycles. The van der Waals surface area contributed by atoms with Gasteiger partial charge in [0, 0.05) is 11.4 Å². The first-order valence-corrected chi connectivity index (χ1v) is 7.04. The number of benzene rings is 1. The normalized spacial score (nSPS) is 17.7. The molecule has 1 aliphatic rings. The standard InChI is InChI=1S/C17H19NO5/c1-9-13(16(19)20)15(11-6-5-7-12(8-11)22-3)14(10(2)18-9)17(21)23-4/h5-8,15,18H,1-4H3,(H,19,20). The number of carboxylic acid groups (broad SMARTS) is 1. The molecule has 0 saturated heterocycles. The summed E-state index contributed by atoms with van der Waals surface area (Å²) in [4.78, 5) is 24.0. The number of carbonyl (C=O) groups excluding carboxylic acids is 1. The van der Waals surface area contributed by atoms with Gasteiger partial charge in [0.1, 0.15) is 5.75 Å². The first kappa shape index (κ1) is 16.6. The van der Waals surface area contributed by atoms with Gasteiger partial charge in [0.15, 0.2) is 0 Å². The minimum Gasteiger partial charge on any atom is -0.497 e. The van der Waals surface area contributed by atoms with E-state index in [0.717, 1.165) is 0 Å². The van der Waals surface area contributed by atoms with E-state index in [-0.39, 0.29) is 11.1 Å². The Morgan fingerprint density at radius 3 is 2.35 bits per heavy atom. The highest BCUT2D eigenvalue weighted by molar-refractivity contribution is 5.99. The summed E-state index contributed by atoms with van der Waals surface area (Å²) in [5.74, 6) is -1.78. The lowest BCUT2D eigenvalue weighted by molar-refractivity contribution is -0.136. The molecule has 0 spiro atoms. The van der Waals surface area contributed by atoms with Gasteiger partial charge in [0.25, 0.3) is 0 Å². The molecule has 6 nitrogen and oxygen atoms in total. The highest BCUT2D eigenvalue weighted by Gasteiger charge is 2.37. The van der Waals surface area contributed by atoms with Gasteiger partial charge in [-0.3, -0.25) is 0 Å². The quantitative estimate of drug-likeness (QED) is 0.828. The highest BCUT2D eigenvalue weighted by atomic mass is 16.5. The van der Waals surface area contributed by atoms with Gasteiger partial charge in [-0.05, 0) is 31.5 Å². The molecular weight excluding hydrogens is 298 g/mol. The minimum absolute atomic E-state index is 0.115. The Morgan fingerprint density at radius 1 is 1.13 bits per heavy atom. The maximum Gasteiger partial charge on any atom is 0.336 e. The van der Waals surface area contributed by atoms with E-state index in [9.17, 15) is 14.7 Å². The van der Waals surface area contributed by atoms with Crippen molar-refractivity contribution < 1.29 is 24.2 Å². The second-order valence-electron chi connectivity index (χ2n) is 5.21. The largest absolute Gasteiger partial charge is 0.497 e. The lowest BCUT2D eigenvalue weighted by atomic mass is 9.80. The van der Waals surface area contributed by atoms with Crippen LogP contribution in [0.1, 0.15) is 25.3 Å². The predicted molar refractivity (Wildman–Crippen MR) is 83.9 cm³/mol. The third kappa shape index (κ3) is 3.06. The van der Waals surface area contributed by atoms with Crippen molar-refractivity contribution in [3.63, 3.8) is 0 Å². The molecular formula is C17H19NO5. The topological polar surface area (TPSA) is 84.9 Å². The van der Waals surface area contributed by atoms with E-state index in [0.29, 0.717) is 22.7 Å². The van der Waals surface area contributed by atoms with Gasteiger partial charge < -0.3 is 19.9 Å². The summed E-state index contributed by atoms with van der Waals surface area (Å²) in [7, 11) is 2.81. The van der Waals surface area contributed by atoms with E-state index in [4.69, 9.17) is 9.47 Å². The van der Waals surface area contributed by atoms with Crippen molar-refractivity contribution in [3.05, 3.63) is 52.4 Å². The monoisotopic (exact) mass is 317 g/mol. The number of nitrogens with one attached hydrogen (secondary N) is 1. The molecule has 0 saturated carbocycles. The molecule has 1 heterocycles. The van der Waals surface area contributed by atoms with E-state index in [2.05, 4.69) is 5.32 Å². The zero-order chi connectivity index (χ0) is 17.1. The number of rotatable bonds is 4. The molecule has 2 rings (SSSR count). The number of methoxy groups -OCH3 is 2. The van der Waals surface area contributed by atoms with E-state index in [1.54, 1.807) is 38.1 Å². The number of hydrogen-bond donors (Lipinski definition) is 2. The van der Waals surface area contributed by atoms with Crippen LogP contribution in [0.15, 0.2) is 46.8 Å². The second-order valence-corrected chi connectivity index (χ2v) is 5.21. The van der Waals surface area contributed by atoms with Crippen LogP contribution < -0.4 is 10.1 Å². The van der Waals surface area contributed by atoms with Crippen LogP contribution in [0, 0.1) is 0 Å². The number of aliphatic carboxylic acids is 1. The van der Waals surface area contributed by atoms with Crippen LogP contribution >= 0.6 is 0 Å². The SMILES string of the molecule is COC(=O)C1=C(C)NC(C)=C(C(=O)O)C1c1cccc(OC)c1. The Kier molecular flexibility index (Phi) is 4.74. The van der Waals surface area contributed by atoms with E-state index < -0.39 is 17.9 Å². The van der Waals surface area contributed by atoms with Crippen LogP contribution in [0.3, 0.4) is 0 Å². The second kappa shape index (κ2) is 6.56. The number of hydrogen-bond acceptors (Lipinski definition) is 5. The average Bonchev–Trinajstić information content (AvgIpc) is 2.53. The summed E-state index contributed by atoms with van der Waals surface area (Å²) in [6.07, 6.45) is 0. The van der Waals surface area contributed by atoms with E-state index >= 15 is 0 Å². The molecule has 1 aromatic carbocycles. The van der Waals surface area contributed by atoms with Gasteiger partial charge in [0.05, 0.1) is 31.3 Å². The molecule has 2 N–H and O–H groups in total. The Bertz CT molecular complexity index is 717. The molecule has 122 valence electrons. The third-order valence-electron chi connectivity index (χ3n) is 3.82. The van der Waals surface area contributed by atoms with Crippen LogP contribution in [0.5, 0.6) is 5.75 Å². The van der Waals surface area contributed by atoms with Crippen LogP contribution in [-0.2, 0) is 14.3 Å². The smallest absolute Gasteiger partial charge is 0.336 e. The molecule has 0 amide bonds. The summed E-state index contributed by atoms with van der Waals surface area (Å²) < 4.78 is 10.1. The van der Waals surface area contributed by atoms with Crippen molar-refractivity contribution in [3.8, 4) is 5.75 Å². The van der Waals surface area contributed by atoms with Crippen molar-refractivity contribution >= 4 is 11.9 Å². The highest BCUT2D eigenvalue weighted by Crippen LogP contribution is 2.39. The molecule has 1 unspecified atom stereocenters. The molecule has 0 bridgehead atoms. The van der Waals surface area contributed by atoms with Gasteiger partial charge in [-0.15, -0.1) is 0 Å². The van der Waals surface area contributed by atoms with Crippen molar-refractivity contribution in [2.45, 2.75) is 19.8 Å². The number of carbonyl (C=O) groups is 2. The fraction of sp³-hybridized carbons (Fsp3) is 0.294. The van der Waals surface area contributed by atoms with Crippen LogP contribution in [0.2, 0.25) is 0 Å². The molecule has 6 heteroatoms. The van der Waals surface area contributed by atoms with E-state index in [1.165, 1.54) is 14.2 Å². The summed E-state index contributed by atoms with van der Waals surface area (Å²) in [6.45, 7) is 3.40. The maximum atomic E-state index is 12.2. The first-order chi connectivity index (χ1) is 10.9. The number of dihydropyridines is 1. The molecule has 0 radical (unpaired) electrons. The van der Waals surface area contributed by atoms with Crippen molar-refractivity contribution in [1.29, 1.82) is 0 Å². The predicted octanol–water partition coefficient (Wildman–Crippen LogP) is 2.19. The number of ether oxygens (including phenoxy) is 2. The Morgan fingerprint density at radius 2 is 1.78 bits per heavy atom. The van der Waals surface area contributed by atoms with Gasteiger partial charge >= 0.3 is 11.9 Å². The Hall–Kier alpha value is -2.76. The Labute approximate surface area is 134 Å². The van der Waals surface area contributed by atoms with Gasteiger partial charge in [-0.2, -0.15) is 0 Å².